The lowest BCUT2D eigenvalue weighted by Crippen LogP contribution is -2.46. The molecule has 0 saturated carbocycles. The summed E-state index contributed by atoms with van der Waals surface area (Å²) < 4.78 is 12.5. The third-order valence-corrected chi connectivity index (χ3v) is 6.19. The van der Waals surface area contributed by atoms with Gasteiger partial charge in [-0.3, -0.25) is 4.90 Å². The van der Waals surface area contributed by atoms with Gasteiger partial charge in [-0.25, -0.2) is 0 Å². The van der Waals surface area contributed by atoms with Gasteiger partial charge in [-0.2, -0.15) is 0 Å². The number of hydrogen-bond donors (Lipinski definition) is 3. The van der Waals surface area contributed by atoms with Crippen molar-refractivity contribution in [2.75, 3.05) is 6.61 Å². The van der Waals surface area contributed by atoms with Crippen molar-refractivity contribution < 1.29 is 24.8 Å². The number of aliphatic hydroxyl groups is 3. The van der Waals surface area contributed by atoms with Crippen molar-refractivity contribution in [2.24, 2.45) is 0 Å². The molecular formula is C23H29NO5. The minimum atomic E-state index is -0.954. The van der Waals surface area contributed by atoms with Crippen molar-refractivity contribution >= 4 is 0 Å². The molecule has 6 heteroatoms. The molecule has 7 atom stereocenters. The fraction of sp³-hybridized carbons (Fsp3) is 0.478. The van der Waals surface area contributed by atoms with Crippen molar-refractivity contribution in [2.45, 2.75) is 62.7 Å². The minimum absolute atomic E-state index is 0.134. The SMILES string of the molecule is C[C@H]1[C@@H](O)[C@H](O)[C@H]2[C@H](OCc3ccccc3)[C@H](OCc3ccccc3)[C@@H](CO)N21. The Morgan fingerprint density at radius 3 is 1.83 bits per heavy atom. The molecule has 29 heavy (non-hydrogen) atoms. The van der Waals surface area contributed by atoms with Crippen LogP contribution in [0.15, 0.2) is 60.7 Å². The highest BCUT2D eigenvalue weighted by atomic mass is 16.5. The maximum Gasteiger partial charge on any atom is 0.104 e. The van der Waals surface area contributed by atoms with E-state index in [0.717, 1.165) is 11.1 Å². The first-order valence-corrected chi connectivity index (χ1v) is 10.2. The van der Waals surface area contributed by atoms with E-state index in [1.807, 2.05) is 72.5 Å². The summed E-state index contributed by atoms with van der Waals surface area (Å²) in [5.41, 5.74) is 2.06. The molecule has 2 aromatic rings. The highest BCUT2D eigenvalue weighted by Crippen LogP contribution is 2.40. The Labute approximate surface area is 171 Å². The van der Waals surface area contributed by atoms with Gasteiger partial charge >= 0.3 is 0 Å². The highest BCUT2D eigenvalue weighted by molar-refractivity contribution is 5.17. The van der Waals surface area contributed by atoms with Crippen LogP contribution < -0.4 is 0 Å². The number of hydrogen-bond acceptors (Lipinski definition) is 6. The van der Waals surface area contributed by atoms with Gasteiger partial charge in [0, 0.05) is 6.04 Å². The molecule has 0 radical (unpaired) electrons. The van der Waals surface area contributed by atoms with Crippen LogP contribution in [-0.4, -0.2) is 69.4 Å². The molecular weight excluding hydrogens is 370 g/mol. The highest BCUT2D eigenvalue weighted by Gasteiger charge is 2.61. The predicted molar refractivity (Wildman–Crippen MR) is 108 cm³/mol. The monoisotopic (exact) mass is 399 g/mol. The molecule has 156 valence electrons. The van der Waals surface area contributed by atoms with Gasteiger partial charge in [0.25, 0.3) is 0 Å². The number of aliphatic hydroxyl groups excluding tert-OH is 3. The first-order chi connectivity index (χ1) is 14.1. The molecule has 0 bridgehead atoms. The van der Waals surface area contributed by atoms with E-state index in [0.29, 0.717) is 13.2 Å². The van der Waals surface area contributed by atoms with Gasteiger partial charge in [0.05, 0.1) is 44.1 Å². The molecule has 2 aromatic carbocycles. The van der Waals surface area contributed by atoms with E-state index in [2.05, 4.69) is 0 Å². The summed E-state index contributed by atoms with van der Waals surface area (Å²) in [5.74, 6) is 0. The topological polar surface area (TPSA) is 82.4 Å². The molecule has 2 aliphatic heterocycles. The van der Waals surface area contributed by atoms with Gasteiger partial charge in [-0.05, 0) is 18.1 Å². The van der Waals surface area contributed by atoms with E-state index >= 15 is 0 Å². The molecule has 6 nitrogen and oxygen atoms in total. The minimum Gasteiger partial charge on any atom is -0.395 e. The summed E-state index contributed by atoms with van der Waals surface area (Å²) in [6.07, 6.45) is -2.72. The van der Waals surface area contributed by atoms with Crippen LogP contribution in [0.4, 0.5) is 0 Å². The van der Waals surface area contributed by atoms with Gasteiger partial charge < -0.3 is 24.8 Å². The largest absolute Gasteiger partial charge is 0.395 e. The Bertz CT molecular complexity index is 773. The summed E-state index contributed by atoms with van der Waals surface area (Å²) in [4.78, 5) is 1.97. The van der Waals surface area contributed by atoms with Crippen LogP contribution in [0, 0.1) is 0 Å². The average molecular weight is 399 g/mol. The number of rotatable bonds is 7. The van der Waals surface area contributed by atoms with E-state index in [9.17, 15) is 15.3 Å². The summed E-state index contributed by atoms with van der Waals surface area (Å²) in [5, 5.41) is 31.3. The Balaban J connectivity index is 1.56. The maximum atomic E-state index is 10.7. The zero-order chi connectivity index (χ0) is 20.4. The standard InChI is InChI=1S/C23H29NO5/c1-15-20(26)21(27)19-23(29-14-17-10-6-3-7-11-17)22(18(12-25)24(15)19)28-13-16-8-4-2-5-9-16/h2-11,15,18-23,25-27H,12-14H2,1H3/t15-,18+,19-,20+,21+,22+,23-/m0/s1. The lowest BCUT2D eigenvalue weighted by atomic mass is 9.99. The Hall–Kier alpha value is -1.80. The van der Waals surface area contributed by atoms with Crippen LogP contribution in [0.5, 0.6) is 0 Å². The molecule has 3 N–H and O–H groups in total. The maximum absolute atomic E-state index is 10.7. The van der Waals surface area contributed by atoms with Crippen LogP contribution in [0.1, 0.15) is 18.1 Å². The first-order valence-electron chi connectivity index (χ1n) is 10.2. The molecule has 0 aromatic heterocycles. The van der Waals surface area contributed by atoms with Gasteiger partial charge in [0.15, 0.2) is 0 Å². The fourth-order valence-electron chi connectivity index (χ4n) is 4.71. The molecule has 2 aliphatic rings. The Kier molecular flexibility index (Phi) is 6.29. The molecule has 2 heterocycles. The predicted octanol–water partition coefficient (Wildman–Crippen LogP) is 1.33. The van der Waals surface area contributed by atoms with Crippen LogP contribution in [0.25, 0.3) is 0 Å². The fourth-order valence-corrected chi connectivity index (χ4v) is 4.71. The third-order valence-electron chi connectivity index (χ3n) is 6.19. The number of ether oxygens (including phenoxy) is 2. The summed E-state index contributed by atoms with van der Waals surface area (Å²) in [6, 6.07) is 18.6. The van der Waals surface area contributed by atoms with Crippen LogP contribution in [-0.2, 0) is 22.7 Å². The number of benzene rings is 2. The zero-order valence-corrected chi connectivity index (χ0v) is 16.5. The summed E-state index contributed by atoms with van der Waals surface area (Å²) in [6.45, 7) is 2.49. The van der Waals surface area contributed by atoms with Crippen molar-refractivity contribution in [3.8, 4) is 0 Å². The number of nitrogens with zero attached hydrogens (tertiary/aromatic N) is 1. The Morgan fingerprint density at radius 1 is 0.793 bits per heavy atom. The van der Waals surface area contributed by atoms with Crippen molar-refractivity contribution in [1.29, 1.82) is 0 Å². The molecule has 2 fully saturated rings. The quantitative estimate of drug-likeness (QED) is 0.652. The molecule has 2 saturated heterocycles. The van der Waals surface area contributed by atoms with Gasteiger partial charge in [0.2, 0.25) is 0 Å². The lowest BCUT2D eigenvalue weighted by molar-refractivity contribution is -0.101. The molecule has 0 spiro atoms. The molecule has 0 amide bonds. The molecule has 4 rings (SSSR count). The van der Waals surface area contributed by atoms with E-state index < -0.39 is 30.5 Å². The van der Waals surface area contributed by atoms with E-state index in [-0.39, 0.29) is 18.7 Å². The van der Waals surface area contributed by atoms with Crippen molar-refractivity contribution in [3.63, 3.8) is 0 Å². The van der Waals surface area contributed by atoms with Gasteiger partial charge in [-0.15, -0.1) is 0 Å². The second-order valence-electron chi connectivity index (χ2n) is 7.93. The Morgan fingerprint density at radius 2 is 1.31 bits per heavy atom. The number of fused-ring (bicyclic) bond motifs is 1. The zero-order valence-electron chi connectivity index (χ0n) is 16.5. The van der Waals surface area contributed by atoms with Crippen molar-refractivity contribution in [1.82, 2.24) is 4.90 Å². The van der Waals surface area contributed by atoms with E-state index in [1.165, 1.54) is 0 Å². The van der Waals surface area contributed by atoms with E-state index in [4.69, 9.17) is 9.47 Å². The second kappa shape index (κ2) is 8.92. The van der Waals surface area contributed by atoms with Gasteiger partial charge in [-0.1, -0.05) is 60.7 Å². The smallest absolute Gasteiger partial charge is 0.104 e. The lowest BCUT2D eigenvalue weighted by Gasteiger charge is -2.30. The van der Waals surface area contributed by atoms with Crippen LogP contribution >= 0.6 is 0 Å². The first kappa shape index (κ1) is 20.5. The summed E-state index contributed by atoms with van der Waals surface area (Å²) in [7, 11) is 0. The molecule has 0 aliphatic carbocycles. The van der Waals surface area contributed by atoms with Crippen molar-refractivity contribution in [3.05, 3.63) is 71.8 Å². The molecule has 0 unspecified atom stereocenters. The average Bonchev–Trinajstić information content (AvgIpc) is 3.19. The van der Waals surface area contributed by atoms with Crippen LogP contribution in [0.3, 0.4) is 0 Å². The summed E-state index contributed by atoms with van der Waals surface area (Å²) >= 11 is 0. The van der Waals surface area contributed by atoms with E-state index in [1.54, 1.807) is 0 Å². The van der Waals surface area contributed by atoms with Gasteiger partial charge in [0.1, 0.15) is 12.2 Å². The van der Waals surface area contributed by atoms with Crippen LogP contribution in [0.2, 0.25) is 0 Å². The normalized spacial score (nSPS) is 34.4. The third kappa shape index (κ3) is 3.97. The second-order valence-corrected chi connectivity index (χ2v) is 7.93.